The summed E-state index contributed by atoms with van der Waals surface area (Å²) in [5.41, 5.74) is 1.46. The predicted molar refractivity (Wildman–Crippen MR) is 104 cm³/mol. The average Bonchev–Trinajstić information content (AvgIpc) is 2.66. The average molecular weight is 421 g/mol. The number of hydrogen-bond acceptors (Lipinski definition) is 3. The third kappa shape index (κ3) is 4.53. The number of urea groups is 1. The minimum atomic E-state index is -0.574. The van der Waals surface area contributed by atoms with Crippen LogP contribution in [0.3, 0.4) is 0 Å². The second kappa shape index (κ2) is 8.80. The summed E-state index contributed by atoms with van der Waals surface area (Å²) in [5.74, 6) is -0.408. The number of benzene rings is 1. The molecule has 0 bridgehead atoms. The molecular weight excluding hydrogens is 396 g/mol. The van der Waals surface area contributed by atoms with Gasteiger partial charge in [-0.2, -0.15) is 0 Å². The van der Waals surface area contributed by atoms with Crippen LogP contribution in [0.15, 0.2) is 33.7 Å². The van der Waals surface area contributed by atoms with Crippen LogP contribution in [0.25, 0.3) is 0 Å². The lowest BCUT2D eigenvalue weighted by atomic mass is 9.86. The summed E-state index contributed by atoms with van der Waals surface area (Å²) >= 11 is 3.46. The molecule has 2 aliphatic rings. The van der Waals surface area contributed by atoms with E-state index in [2.05, 4.69) is 26.2 Å². The number of ether oxygens (including phenoxy) is 1. The van der Waals surface area contributed by atoms with Crippen molar-refractivity contribution in [2.75, 3.05) is 6.61 Å². The first-order valence-corrected chi connectivity index (χ1v) is 10.2. The van der Waals surface area contributed by atoms with E-state index in [1.165, 1.54) is 19.3 Å². The zero-order chi connectivity index (χ0) is 18.5. The highest BCUT2D eigenvalue weighted by Crippen LogP contribution is 2.31. The molecule has 1 aliphatic heterocycles. The number of aliphatic imine (C=N–C) groups is 1. The van der Waals surface area contributed by atoms with E-state index >= 15 is 0 Å². The molecule has 3 rings (SSSR count). The molecule has 26 heavy (non-hydrogen) atoms. The van der Waals surface area contributed by atoms with Gasteiger partial charge in [0.1, 0.15) is 5.92 Å². The second-order valence-electron chi connectivity index (χ2n) is 7.05. The third-order valence-electron chi connectivity index (χ3n) is 5.23. The number of esters is 1. The van der Waals surface area contributed by atoms with Crippen LogP contribution in [0.5, 0.6) is 0 Å². The Morgan fingerprint density at radius 3 is 2.77 bits per heavy atom. The molecule has 2 atom stereocenters. The van der Waals surface area contributed by atoms with E-state index in [-0.39, 0.29) is 5.97 Å². The molecule has 1 saturated carbocycles. The van der Waals surface area contributed by atoms with Crippen LogP contribution in [0.2, 0.25) is 0 Å². The standard InChI is InChI=1S/C20H25BrN2O3/c1-2-16-17(19(24)26-12-13-7-4-3-5-8-13)18(23-20(25)22-16)14-9-6-10-15(21)11-14/h6,9-11,13,17-18H,2-5,7-8,12H2,1H3,(H,23,25). The molecule has 2 amide bonds. The number of rotatable bonds is 5. The Hall–Kier alpha value is -1.69. The Morgan fingerprint density at radius 2 is 2.08 bits per heavy atom. The number of nitrogens with one attached hydrogen (secondary N) is 1. The fourth-order valence-electron chi connectivity index (χ4n) is 3.83. The van der Waals surface area contributed by atoms with E-state index in [0.717, 1.165) is 22.9 Å². The molecule has 0 radical (unpaired) electrons. The summed E-state index contributed by atoms with van der Waals surface area (Å²) in [6.45, 7) is 2.38. The fraction of sp³-hybridized carbons (Fsp3) is 0.550. The summed E-state index contributed by atoms with van der Waals surface area (Å²) in [6, 6.07) is 6.79. The van der Waals surface area contributed by atoms with Crippen LogP contribution in [-0.2, 0) is 9.53 Å². The first-order valence-electron chi connectivity index (χ1n) is 9.38. The number of amides is 2. The van der Waals surface area contributed by atoms with Crippen LogP contribution in [-0.4, -0.2) is 24.3 Å². The molecule has 1 aliphatic carbocycles. The lowest BCUT2D eigenvalue weighted by Crippen LogP contribution is -2.45. The maximum Gasteiger partial charge on any atom is 0.341 e. The molecule has 1 N–H and O–H groups in total. The molecule has 0 aromatic heterocycles. The van der Waals surface area contributed by atoms with Crippen LogP contribution in [0.1, 0.15) is 57.1 Å². The van der Waals surface area contributed by atoms with E-state index in [1.54, 1.807) is 0 Å². The number of carbonyl (C=O) groups excluding carboxylic acids is 2. The van der Waals surface area contributed by atoms with Crippen molar-refractivity contribution >= 4 is 33.6 Å². The Kier molecular flexibility index (Phi) is 6.46. The summed E-state index contributed by atoms with van der Waals surface area (Å²) in [4.78, 5) is 29.0. The van der Waals surface area contributed by atoms with Gasteiger partial charge < -0.3 is 10.1 Å². The largest absolute Gasteiger partial charge is 0.465 e. The SMILES string of the molecule is CCC1=NC(=O)NC(c2cccc(Br)c2)C1C(=O)OCC1CCCCC1. The van der Waals surface area contributed by atoms with Crippen LogP contribution in [0.4, 0.5) is 4.79 Å². The molecule has 1 aromatic rings. The summed E-state index contributed by atoms with van der Waals surface area (Å²) in [5, 5.41) is 2.85. The second-order valence-corrected chi connectivity index (χ2v) is 7.97. The van der Waals surface area contributed by atoms with Crippen molar-refractivity contribution in [3.8, 4) is 0 Å². The van der Waals surface area contributed by atoms with Gasteiger partial charge in [-0.1, -0.05) is 54.2 Å². The van der Waals surface area contributed by atoms with Crippen LogP contribution >= 0.6 is 15.9 Å². The zero-order valence-corrected chi connectivity index (χ0v) is 16.6. The molecular formula is C20H25BrN2O3. The first kappa shape index (κ1) is 19.1. The van der Waals surface area contributed by atoms with Gasteiger partial charge in [0.25, 0.3) is 0 Å². The lowest BCUT2D eigenvalue weighted by molar-refractivity contribution is -0.148. The first-order chi connectivity index (χ1) is 12.6. The Labute approximate surface area is 162 Å². The smallest absolute Gasteiger partial charge is 0.341 e. The van der Waals surface area contributed by atoms with Gasteiger partial charge in [-0.3, -0.25) is 4.79 Å². The molecule has 1 fully saturated rings. The van der Waals surface area contributed by atoms with Crippen molar-refractivity contribution in [2.24, 2.45) is 16.8 Å². The van der Waals surface area contributed by atoms with Gasteiger partial charge in [0.15, 0.2) is 0 Å². The van der Waals surface area contributed by atoms with Gasteiger partial charge in [-0.05, 0) is 42.9 Å². The highest BCUT2D eigenvalue weighted by Gasteiger charge is 2.39. The minimum absolute atomic E-state index is 0.291. The van der Waals surface area contributed by atoms with E-state index < -0.39 is 18.0 Å². The van der Waals surface area contributed by atoms with E-state index in [0.29, 0.717) is 24.7 Å². The third-order valence-corrected chi connectivity index (χ3v) is 5.72. The maximum absolute atomic E-state index is 12.9. The van der Waals surface area contributed by atoms with Crippen molar-refractivity contribution in [1.29, 1.82) is 0 Å². The molecule has 2 unspecified atom stereocenters. The number of halogens is 1. The van der Waals surface area contributed by atoms with Gasteiger partial charge >= 0.3 is 12.0 Å². The number of carbonyl (C=O) groups is 2. The van der Waals surface area contributed by atoms with Gasteiger partial charge in [0.05, 0.1) is 12.6 Å². The van der Waals surface area contributed by atoms with Gasteiger partial charge in [-0.25, -0.2) is 9.79 Å². The fourth-order valence-corrected chi connectivity index (χ4v) is 4.25. The summed E-state index contributed by atoms with van der Waals surface area (Å²) in [7, 11) is 0. The molecule has 1 heterocycles. The highest BCUT2D eigenvalue weighted by atomic mass is 79.9. The molecule has 0 saturated heterocycles. The van der Waals surface area contributed by atoms with E-state index in [9.17, 15) is 9.59 Å². The molecule has 0 spiro atoms. The topological polar surface area (TPSA) is 67.8 Å². The van der Waals surface area contributed by atoms with Gasteiger partial charge in [0, 0.05) is 10.2 Å². The quantitative estimate of drug-likeness (QED) is 0.695. The molecule has 1 aromatic carbocycles. The van der Waals surface area contributed by atoms with Gasteiger partial charge in [0.2, 0.25) is 0 Å². The molecule has 140 valence electrons. The molecule has 6 heteroatoms. The van der Waals surface area contributed by atoms with E-state index in [1.807, 2.05) is 31.2 Å². The number of hydrogen-bond donors (Lipinski definition) is 1. The minimum Gasteiger partial charge on any atom is -0.465 e. The Bertz CT molecular complexity index is 698. The van der Waals surface area contributed by atoms with E-state index in [4.69, 9.17) is 4.74 Å². The van der Waals surface area contributed by atoms with Crippen LogP contribution < -0.4 is 5.32 Å². The zero-order valence-electron chi connectivity index (χ0n) is 15.0. The Balaban J connectivity index is 1.79. The normalized spacial score (nSPS) is 23.9. The predicted octanol–water partition coefficient (Wildman–Crippen LogP) is 4.80. The van der Waals surface area contributed by atoms with Crippen molar-refractivity contribution in [3.63, 3.8) is 0 Å². The van der Waals surface area contributed by atoms with Crippen LogP contribution in [0, 0.1) is 11.8 Å². The van der Waals surface area contributed by atoms with Crippen molar-refractivity contribution in [3.05, 3.63) is 34.3 Å². The number of nitrogens with zero attached hydrogens (tertiary/aromatic N) is 1. The van der Waals surface area contributed by atoms with Crippen molar-refractivity contribution in [1.82, 2.24) is 5.32 Å². The summed E-state index contributed by atoms with van der Waals surface area (Å²) < 4.78 is 6.59. The maximum atomic E-state index is 12.9. The van der Waals surface area contributed by atoms with Gasteiger partial charge in [-0.15, -0.1) is 0 Å². The van der Waals surface area contributed by atoms with Crippen molar-refractivity contribution in [2.45, 2.75) is 51.5 Å². The van der Waals surface area contributed by atoms with Crippen molar-refractivity contribution < 1.29 is 14.3 Å². The highest BCUT2D eigenvalue weighted by molar-refractivity contribution is 9.10. The molecule has 5 nitrogen and oxygen atoms in total. The Morgan fingerprint density at radius 1 is 1.31 bits per heavy atom. The monoisotopic (exact) mass is 420 g/mol. The lowest BCUT2D eigenvalue weighted by Gasteiger charge is -2.31. The summed E-state index contributed by atoms with van der Waals surface area (Å²) in [6.07, 6.45) is 6.49.